The van der Waals surface area contributed by atoms with E-state index in [-0.39, 0.29) is 5.91 Å². The quantitative estimate of drug-likeness (QED) is 0.821. The van der Waals surface area contributed by atoms with Gasteiger partial charge in [-0.15, -0.1) is 0 Å². The maximum absolute atomic E-state index is 12.5. The summed E-state index contributed by atoms with van der Waals surface area (Å²) in [4.78, 5) is 17.0. The summed E-state index contributed by atoms with van der Waals surface area (Å²) in [5.74, 6) is 0.141. The maximum Gasteiger partial charge on any atom is 0.270 e. The summed E-state index contributed by atoms with van der Waals surface area (Å²) >= 11 is 0. The van der Waals surface area contributed by atoms with Crippen LogP contribution in [0.4, 0.5) is 0 Å². The summed E-state index contributed by atoms with van der Waals surface area (Å²) < 4.78 is 7.06. The molecule has 2 saturated heterocycles. The molecule has 3 rings (SSSR count). The number of piperazine rings is 1. The van der Waals surface area contributed by atoms with E-state index < -0.39 is 0 Å². The summed E-state index contributed by atoms with van der Waals surface area (Å²) in [6, 6.07) is 4.37. The lowest BCUT2D eigenvalue weighted by molar-refractivity contribution is 0.0218. The molecule has 3 heterocycles. The zero-order valence-corrected chi connectivity index (χ0v) is 12.6. The van der Waals surface area contributed by atoms with Crippen molar-refractivity contribution in [3.8, 4) is 0 Å². The number of aromatic nitrogens is 1. The number of nitrogens with one attached hydrogen (secondary N) is 1. The first-order chi connectivity index (χ1) is 10.3. The molecule has 2 aliphatic rings. The number of nitrogens with zero attached hydrogens (tertiary/aromatic N) is 3. The highest BCUT2D eigenvalue weighted by Gasteiger charge is 2.36. The van der Waals surface area contributed by atoms with Crippen LogP contribution in [0.2, 0.25) is 0 Å². The van der Waals surface area contributed by atoms with Gasteiger partial charge < -0.3 is 19.5 Å². The second-order valence-corrected chi connectivity index (χ2v) is 5.73. The molecule has 2 aliphatic heterocycles. The third kappa shape index (κ3) is 3.12. The summed E-state index contributed by atoms with van der Waals surface area (Å²) in [5, 5.41) is 3.36. The van der Waals surface area contributed by atoms with Gasteiger partial charge >= 0.3 is 0 Å². The molecule has 0 spiro atoms. The number of ether oxygens (including phenoxy) is 1. The smallest absolute Gasteiger partial charge is 0.270 e. The van der Waals surface area contributed by atoms with Crippen LogP contribution in [0.15, 0.2) is 18.3 Å². The van der Waals surface area contributed by atoms with E-state index >= 15 is 0 Å². The standard InChI is InChI=1S/C15H24N4O2/c1-21-10-9-18-6-2-3-14(18)15(20)19-11-13(12-19)17-7-4-16-5-8-17/h2-3,6,13,16H,4-5,7-12H2,1H3. The fourth-order valence-electron chi connectivity index (χ4n) is 3.05. The van der Waals surface area contributed by atoms with Crippen LogP contribution in [0.25, 0.3) is 0 Å². The molecule has 6 heteroatoms. The molecule has 0 radical (unpaired) electrons. The number of methoxy groups -OCH3 is 1. The molecule has 0 bridgehead atoms. The molecule has 0 saturated carbocycles. The predicted molar refractivity (Wildman–Crippen MR) is 80.4 cm³/mol. The average molecular weight is 292 g/mol. The van der Waals surface area contributed by atoms with Gasteiger partial charge in [-0.2, -0.15) is 0 Å². The van der Waals surface area contributed by atoms with Crippen LogP contribution in [0, 0.1) is 0 Å². The van der Waals surface area contributed by atoms with E-state index in [9.17, 15) is 4.79 Å². The highest BCUT2D eigenvalue weighted by molar-refractivity contribution is 5.93. The predicted octanol–water partition coefficient (Wildman–Crippen LogP) is -0.136. The Morgan fingerprint density at radius 3 is 2.86 bits per heavy atom. The molecule has 0 atom stereocenters. The van der Waals surface area contributed by atoms with Gasteiger partial charge in [0, 0.05) is 65.2 Å². The lowest BCUT2D eigenvalue weighted by Gasteiger charge is -2.46. The third-order valence-electron chi connectivity index (χ3n) is 4.40. The topological polar surface area (TPSA) is 49.7 Å². The van der Waals surface area contributed by atoms with E-state index in [0.29, 0.717) is 12.6 Å². The number of likely N-dealkylation sites (tertiary alicyclic amines) is 1. The molecule has 1 aromatic rings. The maximum atomic E-state index is 12.5. The zero-order chi connectivity index (χ0) is 14.7. The minimum Gasteiger partial charge on any atom is -0.383 e. The lowest BCUT2D eigenvalue weighted by atomic mass is 10.1. The van der Waals surface area contributed by atoms with Crippen molar-refractivity contribution in [2.45, 2.75) is 12.6 Å². The molecular weight excluding hydrogens is 268 g/mol. The fraction of sp³-hybridized carbons (Fsp3) is 0.667. The first-order valence-electron chi connectivity index (χ1n) is 7.67. The zero-order valence-electron chi connectivity index (χ0n) is 12.6. The number of hydrogen-bond donors (Lipinski definition) is 1. The Balaban J connectivity index is 1.54. The van der Waals surface area contributed by atoms with Crippen LogP contribution in [0.3, 0.4) is 0 Å². The van der Waals surface area contributed by atoms with Crippen molar-refractivity contribution in [3.05, 3.63) is 24.0 Å². The van der Waals surface area contributed by atoms with Crippen LogP contribution in [-0.2, 0) is 11.3 Å². The van der Waals surface area contributed by atoms with Gasteiger partial charge in [0.25, 0.3) is 5.91 Å². The van der Waals surface area contributed by atoms with Crippen molar-refractivity contribution in [1.82, 2.24) is 19.7 Å². The highest BCUT2D eigenvalue weighted by atomic mass is 16.5. The van der Waals surface area contributed by atoms with Gasteiger partial charge in [-0.25, -0.2) is 0 Å². The van der Waals surface area contributed by atoms with Gasteiger partial charge in [0.15, 0.2) is 0 Å². The Hall–Kier alpha value is -1.37. The molecular formula is C15H24N4O2. The Morgan fingerprint density at radius 2 is 2.14 bits per heavy atom. The second-order valence-electron chi connectivity index (χ2n) is 5.73. The fourth-order valence-corrected chi connectivity index (χ4v) is 3.05. The van der Waals surface area contributed by atoms with Gasteiger partial charge in [-0.05, 0) is 12.1 Å². The molecule has 6 nitrogen and oxygen atoms in total. The molecule has 1 amide bonds. The van der Waals surface area contributed by atoms with Crippen LogP contribution in [0.5, 0.6) is 0 Å². The van der Waals surface area contributed by atoms with Crippen molar-refractivity contribution >= 4 is 5.91 Å². The van der Waals surface area contributed by atoms with E-state index in [4.69, 9.17) is 4.74 Å². The normalized spacial score (nSPS) is 20.5. The minimum absolute atomic E-state index is 0.141. The minimum atomic E-state index is 0.141. The largest absolute Gasteiger partial charge is 0.383 e. The number of carbonyl (C=O) groups excluding carboxylic acids is 1. The first-order valence-corrected chi connectivity index (χ1v) is 7.67. The van der Waals surface area contributed by atoms with Gasteiger partial charge in [-0.1, -0.05) is 0 Å². The van der Waals surface area contributed by atoms with E-state index in [0.717, 1.165) is 51.5 Å². The summed E-state index contributed by atoms with van der Waals surface area (Å²) in [6.07, 6.45) is 1.94. The van der Waals surface area contributed by atoms with Crippen LogP contribution in [0.1, 0.15) is 10.5 Å². The Bertz CT molecular complexity index is 476. The second kappa shape index (κ2) is 6.60. The van der Waals surface area contributed by atoms with Gasteiger partial charge in [-0.3, -0.25) is 9.69 Å². The lowest BCUT2D eigenvalue weighted by Crippen LogP contribution is -2.64. The molecule has 0 aromatic carbocycles. The number of amides is 1. The van der Waals surface area contributed by atoms with Crippen molar-refractivity contribution in [3.63, 3.8) is 0 Å². The number of rotatable bonds is 5. The van der Waals surface area contributed by atoms with Gasteiger partial charge in [0.2, 0.25) is 0 Å². The summed E-state index contributed by atoms with van der Waals surface area (Å²) in [5.41, 5.74) is 0.769. The summed E-state index contributed by atoms with van der Waals surface area (Å²) in [6.45, 7) is 7.36. The summed E-state index contributed by atoms with van der Waals surface area (Å²) in [7, 11) is 1.68. The Kier molecular flexibility index (Phi) is 4.57. The van der Waals surface area contributed by atoms with Gasteiger partial charge in [0.05, 0.1) is 6.61 Å². The van der Waals surface area contributed by atoms with E-state index in [1.165, 1.54) is 0 Å². The van der Waals surface area contributed by atoms with Crippen molar-refractivity contribution in [1.29, 1.82) is 0 Å². The Labute approximate surface area is 125 Å². The van der Waals surface area contributed by atoms with Gasteiger partial charge in [0.1, 0.15) is 5.69 Å². The van der Waals surface area contributed by atoms with Crippen molar-refractivity contribution in [2.24, 2.45) is 0 Å². The molecule has 0 aliphatic carbocycles. The molecule has 2 fully saturated rings. The molecule has 116 valence electrons. The molecule has 1 N–H and O–H groups in total. The van der Waals surface area contributed by atoms with Crippen molar-refractivity contribution in [2.75, 3.05) is 53.0 Å². The molecule has 0 unspecified atom stereocenters. The SMILES string of the molecule is COCCn1cccc1C(=O)N1CC(N2CCNCC2)C1. The highest BCUT2D eigenvalue weighted by Crippen LogP contribution is 2.19. The van der Waals surface area contributed by atoms with E-state index in [1.54, 1.807) is 7.11 Å². The van der Waals surface area contributed by atoms with Crippen molar-refractivity contribution < 1.29 is 9.53 Å². The molecule has 21 heavy (non-hydrogen) atoms. The first kappa shape index (κ1) is 14.6. The van der Waals surface area contributed by atoms with Crippen LogP contribution < -0.4 is 5.32 Å². The van der Waals surface area contributed by atoms with E-state index in [2.05, 4.69) is 10.2 Å². The van der Waals surface area contributed by atoms with Crippen LogP contribution >= 0.6 is 0 Å². The monoisotopic (exact) mass is 292 g/mol. The molecule has 1 aromatic heterocycles. The number of carbonyl (C=O) groups is 1. The van der Waals surface area contributed by atoms with Crippen LogP contribution in [-0.4, -0.2) is 79.3 Å². The average Bonchev–Trinajstić information content (AvgIpc) is 2.93. The third-order valence-corrected chi connectivity index (χ3v) is 4.40. The number of hydrogen-bond acceptors (Lipinski definition) is 4. The van der Waals surface area contributed by atoms with E-state index in [1.807, 2.05) is 27.8 Å². The Morgan fingerprint density at radius 1 is 1.38 bits per heavy atom.